The van der Waals surface area contributed by atoms with Gasteiger partial charge in [-0.05, 0) is 44.9 Å². The number of quaternary nitrogens is 1. The lowest BCUT2D eigenvalue weighted by Gasteiger charge is -2.34. The average Bonchev–Trinajstić information content (AvgIpc) is 3.11. The van der Waals surface area contributed by atoms with Crippen LogP contribution in [-0.2, 0) is 28.6 Å². The zero-order valence-corrected chi connectivity index (χ0v) is 34.9. The van der Waals surface area contributed by atoms with Gasteiger partial charge in [-0.1, -0.05) is 153 Å². The molecular formula is C45H81NO7. The Hall–Kier alpha value is -2.45. The number of hydrogen-bond acceptors (Lipinski definition) is 7. The van der Waals surface area contributed by atoms with E-state index in [0.717, 1.165) is 70.6 Å². The third-order valence-electron chi connectivity index (χ3n) is 9.54. The van der Waals surface area contributed by atoms with Crippen molar-refractivity contribution in [3.63, 3.8) is 0 Å². The summed E-state index contributed by atoms with van der Waals surface area (Å²) in [6, 6.07) is -0.726. The van der Waals surface area contributed by atoms with Crippen LogP contribution in [0.25, 0.3) is 0 Å². The van der Waals surface area contributed by atoms with Crippen LogP contribution in [0.5, 0.6) is 0 Å². The van der Waals surface area contributed by atoms with Crippen molar-refractivity contribution in [1.82, 2.24) is 0 Å². The summed E-state index contributed by atoms with van der Waals surface area (Å²) in [7, 11) is 5.40. The van der Waals surface area contributed by atoms with Crippen molar-refractivity contribution in [2.24, 2.45) is 0 Å². The van der Waals surface area contributed by atoms with Gasteiger partial charge in [0, 0.05) is 19.3 Å². The highest BCUT2D eigenvalue weighted by Gasteiger charge is 2.25. The summed E-state index contributed by atoms with van der Waals surface area (Å²) in [6.07, 6.45) is 40.2. The lowest BCUT2D eigenvalue weighted by Crippen LogP contribution is -2.55. The maximum Gasteiger partial charge on any atom is 0.306 e. The maximum atomic E-state index is 12.7. The summed E-state index contributed by atoms with van der Waals surface area (Å²) in [4.78, 5) is 36.8. The molecular weight excluding hydrogens is 666 g/mol. The van der Waals surface area contributed by atoms with Crippen LogP contribution in [0.3, 0.4) is 0 Å². The second-order valence-electron chi connectivity index (χ2n) is 15.6. The van der Waals surface area contributed by atoms with Crippen LogP contribution in [0.15, 0.2) is 36.5 Å². The van der Waals surface area contributed by atoms with Gasteiger partial charge in [-0.2, -0.15) is 0 Å². The van der Waals surface area contributed by atoms with E-state index in [0.29, 0.717) is 12.8 Å². The zero-order chi connectivity index (χ0) is 39.3. The Morgan fingerprint density at radius 3 is 1.57 bits per heavy atom. The summed E-state index contributed by atoms with van der Waals surface area (Å²) < 4.78 is 17.1. The van der Waals surface area contributed by atoms with Crippen molar-refractivity contribution in [2.75, 3.05) is 41.0 Å². The number of aliphatic carboxylic acids is 1. The molecule has 0 amide bonds. The van der Waals surface area contributed by atoms with E-state index in [1.165, 1.54) is 77.0 Å². The third kappa shape index (κ3) is 35.0. The van der Waals surface area contributed by atoms with E-state index < -0.39 is 18.1 Å². The minimum absolute atomic E-state index is 0.0374. The number of carbonyl (C=O) groups excluding carboxylic acids is 3. The van der Waals surface area contributed by atoms with E-state index in [4.69, 9.17) is 14.2 Å². The van der Waals surface area contributed by atoms with Gasteiger partial charge in [-0.15, -0.1) is 0 Å². The van der Waals surface area contributed by atoms with Crippen molar-refractivity contribution in [1.29, 1.82) is 0 Å². The first-order valence-corrected chi connectivity index (χ1v) is 21.5. The molecule has 0 aliphatic rings. The van der Waals surface area contributed by atoms with Crippen molar-refractivity contribution in [3.05, 3.63) is 36.5 Å². The minimum atomic E-state index is -1.13. The molecule has 0 radical (unpaired) electrons. The van der Waals surface area contributed by atoms with Gasteiger partial charge >= 0.3 is 11.9 Å². The number of rotatable bonds is 38. The van der Waals surface area contributed by atoms with Gasteiger partial charge in [-0.3, -0.25) is 9.59 Å². The second kappa shape index (κ2) is 36.5. The van der Waals surface area contributed by atoms with E-state index in [9.17, 15) is 19.5 Å². The molecule has 0 aromatic heterocycles. The number of likely N-dealkylation sites (N-methyl/N-ethyl adjacent to an activating group) is 1. The Balaban J connectivity index is 4.37. The monoisotopic (exact) mass is 748 g/mol. The van der Waals surface area contributed by atoms with Crippen molar-refractivity contribution >= 4 is 17.9 Å². The number of nitrogens with zero attached hydrogens (tertiary/aromatic N) is 1. The standard InChI is InChI=1S/C45H81NO7/c1-6-8-10-12-14-16-18-20-21-22-24-26-28-30-32-34-36-44(48)53-41(39-51-38-37-42(45(49)50)46(3,4)5)40-52-43(47)35-33-31-29-27-25-23-19-17-15-13-11-9-7-2/h8,10,14,16,20-21,41-42H,6-7,9,11-13,15,17-19,22-40H2,1-5H3/b10-8+,16-14+,21-20+. The van der Waals surface area contributed by atoms with Crippen LogP contribution in [0.1, 0.15) is 181 Å². The van der Waals surface area contributed by atoms with E-state index in [1.807, 2.05) is 0 Å². The highest BCUT2D eigenvalue weighted by Crippen LogP contribution is 2.14. The SMILES string of the molecule is CC/C=C/C/C=C/C/C=C/CCCCCCCCC(=O)OC(COCCC(C(=O)[O-])[N+](C)(C)C)COC(=O)CCCCCCCCCCCCCCC. The number of hydrogen-bond donors (Lipinski definition) is 0. The average molecular weight is 748 g/mol. The zero-order valence-electron chi connectivity index (χ0n) is 34.9. The molecule has 0 fully saturated rings. The number of ether oxygens (including phenoxy) is 3. The van der Waals surface area contributed by atoms with Crippen molar-refractivity contribution in [2.45, 2.75) is 193 Å². The first-order valence-electron chi connectivity index (χ1n) is 21.5. The predicted molar refractivity (Wildman–Crippen MR) is 217 cm³/mol. The molecule has 0 aromatic rings. The lowest BCUT2D eigenvalue weighted by atomic mass is 10.0. The van der Waals surface area contributed by atoms with Gasteiger partial charge in [0.15, 0.2) is 6.10 Å². The first-order chi connectivity index (χ1) is 25.6. The quantitative estimate of drug-likeness (QED) is 0.0268. The molecule has 0 N–H and O–H groups in total. The molecule has 2 unspecified atom stereocenters. The lowest BCUT2D eigenvalue weighted by molar-refractivity contribution is -0.889. The minimum Gasteiger partial charge on any atom is -0.544 e. The normalized spacial score (nSPS) is 13.3. The Morgan fingerprint density at radius 1 is 0.585 bits per heavy atom. The van der Waals surface area contributed by atoms with Gasteiger partial charge < -0.3 is 28.6 Å². The smallest absolute Gasteiger partial charge is 0.306 e. The molecule has 0 bridgehead atoms. The number of carboxylic acids is 1. The number of carboxylic acid groups (broad SMARTS) is 1. The second-order valence-corrected chi connectivity index (χ2v) is 15.6. The first kappa shape index (κ1) is 50.5. The van der Waals surface area contributed by atoms with Gasteiger partial charge in [-0.25, -0.2) is 0 Å². The van der Waals surface area contributed by atoms with Crippen LogP contribution in [-0.4, -0.2) is 75.5 Å². The van der Waals surface area contributed by atoms with Gasteiger partial charge in [0.05, 0.1) is 40.3 Å². The van der Waals surface area contributed by atoms with Crippen LogP contribution in [0, 0.1) is 0 Å². The molecule has 0 aromatic carbocycles. The maximum absolute atomic E-state index is 12.7. The Labute approximate surface area is 325 Å². The summed E-state index contributed by atoms with van der Waals surface area (Å²) in [5.74, 6) is -1.75. The largest absolute Gasteiger partial charge is 0.544 e. The topological polar surface area (TPSA) is 102 Å². The van der Waals surface area contributed by atoms with E-state index >= 15 is 0 Å². The Kier molecular flexibility index (Phi) is 34.8. The van der Waals surface area contributed by atoms with Crippen molar-refractivity contribution in [3.8, 4) is 0 Å². The van der Waals surface area contributed by atoms with E-state index in [2.05, 4.69) is 50.3 Å². The molecule has 0 heterocycles. The van der Waals surface area contributed by atoms with Crippen LogP contribution < -0.4 is 5.11 Å². The highest BCUT2D eigenvalue weighted by molar-refractivity contribution is 5.70. The van der Waals surface area contributed by atoms with Crippen LogP contribution >= 0.6 is 0 Å². The highest BCUT2D eigenvalue weighted by atomic mass is 16.6. The van der Waals surface area contributed by atoms with E-state index in [-0.39, 0.29) is 42.7 Å². The summed E-state index contributed by atoms with van der Waals surface area (Å²) in [5, 5.41) is 11.6. The molecule has 0 aliphatic heterocycles. The summed E-state index contributed by atoms with van der Waals surface area (Å²) in [5.41, 5.74) is 0. The van der Waals surface area contributed by atoms with Crippen molar-refractivity contribution < 1.29 is 38.2 Å². The Bertz CT molecular complexity index is 968. The van der Waals surface area contributed by atoms with E-state index in [1.54, 1.807) is 21.1 Å². The van der Waals surface area contributed by atoms with Gasteiger partial charge in [0.1, 0.15) is 12.6 Å². The molecule has 8 nitrogen and oxygen atoms in total. The predicted octanol–water partition coefficient (Wildman–Crippen LogP) is 10.1. The number of unbranched alkanes of at least 4 members (excludes halogenated alkanes) is 18. The molecule has 0 saturated heterocycles. The van der Waals surface area contributed by atoms with Gasteiger partial charge in [0.25, 0.3) is 0 Å². The fourth-order valence-electron chi connectivity index (χ4n) is 6.20. The molecule has 0 spiro atoms. The third-order valence-corrected chi connectivity index (χ3v) is 9.54. The Morgan fingerprint density at radius 2 is 1.06 bits per heavy atom. The summed E-state index contributed by atoms with van der Waals surface area (Å²) in [6.45, 7) is 4.54. The molecule has 0 aliphatic carbocycles. The summed E-state index contributed by atoms with van der Waals surface area (Å²) >= 11 is 0. The number of carbonyl (C=O) groups is 3. The van der Waals surface area contributed by atoms with Gasteiger partial charge in [0.2, 0.25) is 0 Å². The number of esters is 2. The molecule has 0 saturated carbocycles. The molecule has 8 heteroatoms. The fourth-order valence-corrected chi connectivity index (χ4v) is 6.20. The molecule has 53 heavy (non-hydrogen) atoms. The van der Waals surface area contributed by atoms with Crippen LogP contribution in [0.4, 0.5) is 0 Å². The molecule has 2 atom stereocenters. The fraction of sp³-hybridized carbons (Fsp3) is 0.800. The number of allylic oxidation sites excluding steroid dienone is 6. The molecule has 0 rings (SSSR count). The molecule has 308 valence electrons. The van der Waals surface area contributed by atoms with Crippen LogP contribution in [0.2, 0.25) is 0 Å².